The number of rotatable bonds is 4. The Morgan fingerprint density at radius 2 is 1.95 bits per heavy atom. The minimum Gasteiger partial charge on any atom is -0.369 e. The van der Waals surface area contributed by atoms with Gasteiger partial charge in [-0.2, -0.15) is 0 Å². The average Bonchev–Trinajstić information content (AvgIpc) is 3.21. The first-order valence-electron chi connectivity index (χ1n) is 7.01. The Bertz CT molecular complexity index is 585. The normalized spacial score (nSPS) is 21.9. The Balaban J connectivity index is 1.77. The standard InChI is InChI=1S/C14H19ClN2O2S/c15-12-1-4-14(11(9-12)10-16-13-2-3-13)17-5-7-20(18,19)8-6-17/h1,4,9,13,16H,2-3,5-8,10H2. The molecule has 1 aliphatic carbocycles. The van der Waals surface area contributed by atoms with Crippen LogP contribution in [0.2, 0.25) is 5.02 Å². The zero-order valence-electron chi connectivity index (χ0n) is 11.3. The molecule has 0 amide bonds. The van der Waals surface area contributed by atoms with Crippen LogP contribution >= 0.6 is 11.6 Å². The van der Waals surface area contributed by atoms with Crippen molar-refractivity contribution in [3.05, 3.63) is 28.8 Å². The Labute approximate surface area is 125 Å². The molecule has 6 heteroatoms. The van der Waals surface area contributed by atoms with Crippen molar-refractivity contribution in [1.82, 2.24) is 5.32 Å². The van der Waals surface area contributed by atoms with Crippen LogP contribution in [0.3, 0.4) is 0 Å². The molecule has 0 atom stereocenters. The maximum absolute atomic E-state index is 11.5. The van der Waals surface area contributed by atoms with Crippen molar-refractivity contribution in [2.45, 2.75) is 25.4 Å². The van der Waals surface area contributed by atoms with Crippen LogP contribution in [0.4, 0.5) is 5.69 Å². The molecule has 2 aliphatic rings. The Hall–Kier alpha value is -0.780. The summed E-state index contributed by atoms with van der Waals surface area (Å²) in [6.07, 6.45) is 2.50. The lowest BCUT2D eigenvalue weighted by molar-refractivity contribution is 0.586. The van der Waals surface area contributed by atoms with Crippen molar-refractivity contribution in [2.75, 3.05) is 29.5 Å². The lowest BCUT2D eigenvalue weighted by Gasteiger charge is -2.30. The van der Waals surface area contributed by atoms with Gasteiger partial charge in [0.1, 0.15) is 0 Å². The molecule has 3 rings (SSSR count). The maximum Gasteiger partial charge on any atom is 0.153 e. The van der Waals surface area contributed by atoms with Gasteiger partial charge in [0.05, 0.1) is 11.5 Å². The summed E-state index contributed by atoms with van der Waals surface area (Å²) in [5.74, 6) is 0.482. The third-order valence-corrected chi connectivity index (χ3v) is 5.73. The summed E-state index contributed by atoms with van der Waals surface area (Å²) < 4.78 is 23.1. The van der Waals surface area contributed by atoms with Gasteiger partial charge in [0.2, 0.25) is 0 Å². The van der Waals surface area contributed by atoms with E-state index in [0.29, 0.717) is 19.1 Å². The first kappa shape index (κ1) is 14.2. The van der Waals surface area contributed by atoms with Gasteiger partial charge in [-0.05, 0) is 36.6 Å². The molecule has 1 saturated carbocycles. The molecule has 4 nitrogen and oxygen atoms in total. The van der Waals surface area contributed by atoms with Crippen LogP contribution in [-0.4, -0.2) is 39.1 Å². The van der Waals surface area contributed by atoms with Gasteiger partial charge in [-0.3, -0.25) is 0 Å². The number of nitrogens with zero attached hydrogens (tertiary/aromatic N) is 1. The molecule has 1 saturated heterocycles. The van der Waals surface area contributed by atoms with Crippen LogP contribution in [0.25, 0.3) is 0 Å². The molecule has 1 aromatic carbocycles. The van der Waals surface area contributed by atoms with Crippen molar-refractivity contribution in [1.29, 1.82) is 0 Å². The van der Waals surface area contributed by atoms with Gasteiger partial charge in [0.15, 0.2) is 9.84 Å². The SMILES string of the molecule is O=S1(=O)CCN(c2ccc(Cl)cc2CNC2CC2)CC1. The van der Waals surface area contributed by atoms with Crippen LogP contribution in [0.5, 0.6) is 0 Å². The third kappa shape index (κ3) is 3.45. The second kappa shape index (κ2) is 5.54. The monoisotopic (exact) mass is 314 g/mol. The number of hydrogen-bond acceptors (Lipinski definition) is 4. The number of sulfone groups is 1. The molecule has 0 radical (unpaired) electrons. The van der Waals surface area contributed by atoms with Crippen molar-refractivity contribution < 1.29 is 8.42 Å². The van der Waals surface area contributed by atoms with Crippen LogP contribution < -0.4 is 10.2 Å². The highest BCUT2D eigenvalue weighted by atomic mass is 35.5. The highest BCUT2D eigenvalue weighted by Crippen LogP contribution is 2.27. The minimum atomic E-state index is -2.84. The van der Waals surface area contributed by atoms with E-state index in [9.17, 15) is 8.42 Å². The van der Waals surface area contributed by atoms with Gasteiger partial charge < -0.3 is 10.2 Å². The quantitative estimate of drug-likeness (QED) is 0.921. The van der Waals surface area contributed by atoms with E-state index in [4.69, 9.17) is 11.6 Å². The molecule has 0 aromatic heterocycles. The largest absolute Gasteiger partial charge is 0.369 e. The summed E-state index contributed by atoms with van der Waals surface area (Å²) in [6, 6.07) is 6.50. The van der Waals surface area contributed by atoms with E-state index in [1.54, 1.807) is 0 Å². The predicted octanol–water partition coefficient (Wildman–Crippen LogP) is 1.83. The van der Waals surface area contributed by atoms with E-state index in [-0.39, 0.29) is 11.5 Å². The van der Waals surface area contributed by atoms with Crippen molar-refractivity contribution >= 4 is 27.1 Å². The molecule has 2 fully saturated rings. The number of anilines is 1. The third-order valence-electron chi connectivity index (χ3n) is 3.89. The van der Waals surface area contributed by atoms with Gasteiger partial charge in [-0.15, -0.1) is 0 Å². The molecule has 1 aromatic rings. The van der Waals surface area contributed by atoms with E-state index in [1.807, 2.05) is 18.2 Å². The van der Waals surface area contributed by atoms with E-state index >= 15 is 0 Å². The van der Waals surface area contributed by atoms with Gasteiger partial charge in [0.25, 0.3) is 0 Å². The Kier molecular flexibility index (Phi) is 3.93. The molecule has 110 valence electrons. The molecule has 0 spiro atoms. The predicted molar refractivity (Wildman–Crippen MR) is 82.2 cm³/mol. The van der Waals surface area contributed by atoms with Crippen molar-refractivity contribution in [2.24, 2.45) is 0 Å². The second-order valence-electron chi connectivity index (χ2n) is 5.57. The molecular formula is C14H19ClN2O2S. The van der Waals surface area contributed by atoms with Gasteiger partial charge in [0, 0.05) is 36.4 Å². The van der Waals surface area contributed by atoms with Crippen LogP contribution in [-0.2, 0) is 16.4 Å². The fraction of sp³-hybridized carbons (Fsp3) is 0.571. The summed E-state index contributed by atoms with van der Waals surface area (Å²) in [5, 5.41) is 4.22. The molecule has 1 heterocycles. The van der Waals surface area contributed by atoms with Gasteiger partial charge >= 0.3 is 0 Å². The minimum absolute atomic E-state index is 0.241. The zero-order chi connectivity index (χ0) is 14.2. The van der Waals surface area contributed by atoms with Crippen molar-refractivity contribution in [3.8, 4) is 0 Å². The van der Waals surface area contributed by atoms with Gasteiger partial charge in [-0.1, -0.05) is 11.6 Å². The van der Waals surface area contributed by atoms with Crippen LogP contribution in [0, 0.1) is 0 Å². The summed E-state index contributed by atoms with van der Waals surface area (Å²) in [5.41, 5.74) is 2.26. The topological polar surface area (TPSA) is 49.4 Å². The highest BCUT2D eigenvalue weighted by molar-refractivity contribution is 7.91. The number of hydrogen-bond donors (Lipinski definition) is 1. The summed E-state index contributed by atoms with van der Waals surface area (Å²) >= 11 is 6.09. The Morgan fingerprint density at radius 1 is 1.25 bits per heavy atom. The first-order valence-corrected chi connectivity index (χ1v) is 9.21. The molecule has 1 aliphatic heterocycles. The van der Waals surface area contributed by atoms with Crippen molar-refractivity contribution in [3.63, 3.8) is 0 Å². The zero-order valence-corrected chi connectivity index (χ0v) is 12.9. The number of nitrogens with one attached hydrogen (secondary N) is 1. The summed E-state index contributed by atoms with van der Waals surface area (Å²) in [7, 11) is -2.84. The van der Waals surface area contributed by atoms with E-state index in [1.165, 1.54) is 12.8 Å². The van der Waals surface area contributed by atoms with Crippen LogP contribution in [0.15, 0.2) is 18.2 Å². The lowest BCUT2D eigenvalue weighted by atomic mass is 10.1. The molecule has 1 N–H and O–H groups in total. The Morgan fingerprint density at radius 3 is 2.60 bits per heavy atom. The van der Waals surface area contributed by atoms with E-state index in [0.717, 1.165) is 22.8 Å². The first-order chi connectivity index (χ1) is 9.53. The van der Waals surface area contributed by atoms with Crippen LogP contribution in [0.1, 0.15) is 18.4 Å². The number of halogens is 1. The maximum atomic E-state index is 11.5. The molecule has 0 unspecified atom stereocenters. The van der Waals surface area contributed by atoms with E-state index in [2.05, 4.69) is 10.2 Å². The average molecular weight is 315 g/mol. The smallest absolute Gasteiger partial charge is 0.153 e. The lowest BCUT2D eigenvalue weighted by Crippen LogP contribution is -2.40. The number of benzene rings is 1. The summed E-state index contributed by atoms with van der Waals surface area (Å²) in [6.45, 7) is 1.94. The highest BCUT2D eigenvalue weighted by Gasteiger charge is 2.24. The van der Waals surface area contributed by atoms with Gasteiger partial charge in [-0.25, -0.2) is 8.42 Å². The fourth-order valence-corrected chi connectivity index (χ4v) is 3.90. The van der Waals surface area contributed by atoms with E-state index < -0.39 is 9.84 Å². The molecule has 0 bridgehead atoms. The molecular weight excluding hydrogens is 296 g/mol. The second-order valence-corrected chi connectivity index (χ2v) is 8.31. The fourth-order valence-electron chi connectivity index (χ4n) is 2.50. The summed E-state index contributed by atoms with van der Waals surface area (Å²) in [4.78, 5) is 2.15. The molecule has 20 heavy (non-hydrogen) atoms.